The Balaban J connectivity index is 1.78. The molecule has 1 aliphatic carbocycles. The minimum absolute atomic E-state index is 0.183. The van der Waals surface area contributed by atoms with Gasteiger partial charge < -0.3 is 20.7 Å². The number of nitrogens with one attached hydrogen (secondary N) is 3. The summed E-state index contributed by atoms with van der Waals surface area (Å²) in [5.74, 6) is 0.117. The van der Waals surface area contributed by atoms with E-state index >= 15 is 0 Å². The molecule has 3 atom stereocenters. The minimum atomic E-state index is -1.07. The van der Waals surface area contributed by atoms with Crippen LogP contribution in [0.5, 0.6) is 0 Å². The van der Waals surface area contributed by atoms with Crippen LogP contribution in [0.1, 0.15) is 19.0 Å². The van der Waals surface area contributed by atoms with Crippen LogP contribution in [-0.4, -0.2) is 39.7 Å². The summed E-state index contributed by atoms with van der Waals surface area (Å²) in [7, 11) is 0. The van der Waals surface area contributed by atoms with Crippen LogP contribution < -0.4 is 10.6 Å². The molecular weight excluding hydrogens is 248 g/mol. The van der Waals surface area contributed by atoms with E-state index in [9.17, 15) is 9.59 Å². The van der Waals surface area contributed by atoms with E-state index in [0.717, 1.165) is 6.42 Å². The van der Waals surface area contributed by atoms with Gasteiger partial charge in [0.2, 0.25) is 0 Å². The second-order valence-electron chi connectivity index (χ2n) is 5.00. The van der Waals surface area contributed by atoms with Gasteiger partial charge in [-0.3, -0.25) is 0 Å². The van der Waals surface area contributed by atoms with Crippen LogP contribution in [0.25, 0.3) is 0 Å². The normalized spacial score (nSPS) is 22.6. The lowest BCUT2D eigenvalue weighted by Gasteiger charge is -2.14. The second-order valence-corrected chi connectivity index (χ2v) is 5.00. The molecule has 0 radical (unpaired) electrons. The van der Waals surface area contributed by atoms with Crippen molar-refractivity contribution in [2.24, 2.45) is 11.8 Å². The van der Waals surface area contributed by atoms with E-state index in [1.54, 1.807) is 6.20 Å². The summed E-state index contributed by atoms with van der Waals surface area (Å²) in [6, 6.07) is -1.40. The summed E-state index contributed by atoms with van der Waals surface area (Å²) in [5, 5.41) is 14.2. The summed E-state index contributed by atoms with van der Waals surface area (Å²) in [6.07, 6.45) is 4.32. The zero-order valence-corrected chi connectivity index (χ0v) is 10.7. The first kappa shape index (κ1) is 13.4. The number of H-pyrrole nitrogens is 1. The number of amides is 2. The number of rotatable bonds is 6. The van der Waals surface area contributed by atoms with Crippen LogP contribution in [0.2, 0.25) is 0 Å². The molecule has 0 aliphatic heterocycles. The lowest BCUT2D eigenvalue weighted by atomic mass is 10.2. The molecular formula is C12H18N4O3. The number of aromatic amines is 1. The number of carbonyl (C=O) groups is 2. The smallest absolute Gasteiger partial charge is 0.326 e. The lowest BCUT2D eigenvalue weighted by molar-refractivity contribution is -0.139. The van der Waals surface area contributed by atoms with Crippen molar-refractivity contribution in [1.29, 1.82) is 0 Å². The summed E-state index contributed by atoms with van der Waals surface area (Å²) < 4.78 is 0. The molecule has 7 nitrogen and oxygen atoms in total. The average Bonchev–Trinajstić information content (AvgIpc) is 2.85. The summed E-state index contributed by atoms with van der Waals surface area (Å²) >= 11 is 0. The molecule has 1 fully saturated rings. The highest BCUT2D eigenvalue weighted by Crippen LogP contribution is 2.36. The molecule has 2 rings (SSSR count). The Labute approximate surface area is 110 Å². The molecule has 19 heavy (non-hydrogen) atoms. The van der Waals surface area contributed by atoms with Gasteiger partial charge in [0, 0.05) is 24.9 Å². The van der Waals surface area contributed by atoms with Crippen molar-refractivity contribution in [3.8, 4) is 0 Å². The van der Waals surface area contributed by atoms with Crippen LogP contribution in [0.3, 0.4) is 0 Å². The van der Waals surface area contributed by atoms with Crippen LogP contribution in [0, 0.1) is 11.8 Å². The van der Waals surface area contributed by atoms with Gasteiger partial charge in [0.05, 0.1) is 6.33 Å². The Bertz CT molecular complexity index is 446. The molecule has 1 heterocycles. The van der Waals surface area contributed by atoms with Gasteiger partial charge in [0.1, 0.15) is 6.04 Å². The zero-order valence-electron chi connectivity index (χ0n) is 10.7. The molecule has 1 aromatic rings. The monoisotopic (exact) mass is 266 g/mol. The first-order valence-electron chi connectivity index (χ1n) is 6.30. The third kappa shape index (κ3) is 3.97. The molecule has 1 aliphatic rings. The van der Waals surface area contributed by atoms with E-state index in [1.165, 1.54) is 6.33 Å². The lowest BCUT2D eigenvalue weighted by Crippen LogP contribution is -2.47. The highest BCUT2D eigenvalue weighted by atomic mass is 16.4. The molecule has 7 heteroatoms. The highest BCUT2D eigenvalue weighted by molar-refractivity contribution is 5.82. The summed E-state index contributed by atoms with van der Waals surface area (Å²) in [4.78, 5) is 29.3. The number of nitrogens with zero attached hydrogens (tertiary/aromatic N) is 1. The Hall–Kier alpha value is -2.05. The van der Waals surface area contributed by atoms with Gasteiger partial charge >= 0.3 is 12.0 Å². The molecule has 0 spiro atoms. The minimum Gasteiger partial charge on any atom is -0.480 e. The molecule has 0 saturated heterocycles. The maximum atomic E-state index is 11.6. The van der Waals surface area contributed by atoms with Gasteiger partial charge in [-0.05, 0) is 18.3 Å². The molecule has 2 unspecified atom stereocenters. The number of aliphatic carboxylic acids is 1. The third-order valence-corrected chi connectivity index (χ3v) is 3.38. The van der Waals surface area contributed by atoms with E-state index in [1.807, 2.05) is 0 Å². The third-order valence-electron chi connectivity index (χ3n) is 3.38. The first-order valence-corrected chi connectivity index (χ1v) is 6.30. The van der Waals surface area contributed by atoms with E-state index in [0.29, 0.717) is 24.1 Å². The van der Waals surface area contributed by atoms with Crippen molar-refractivity contribution in [2.75, 3.05) is 6.54 Å². The van der Waals surface area contributed by atoms with E-state index in [4.69, 9.17) is 5.11 Å². The molecule has 104 valence electrons. The number of aromatic nitrogens is 2. The predicted octanol–water partition coefficient (Wildman–Crippen LogP) is 0.361. The van der Waals surface area contributed by atoms with Crippen molar-refractivity contribution < 1.29 is 14.7 Å². The Morgan fingerprint density at radius 3 is 2.89 bits per heavy atom. The van der Waals surface area contributed by atoms with Gasteiger partial charge in [0.25, 0.3) is 0 Å². The summed E-state index contributed by atoms with van der Waals surface area (Å²) in [5.41, 5.74) is 0.670. The Morgan fingerprint density at radius 1 is 1.63 bits per heavy atom. The maximum Gasteiger partial charge on any atom is 0.326 e. The number of hydrogen-bond donors (Lipinski definition) is 4. The van der Waals surface area contributed by atoms with E-state index < -0.39 is 18.0 Å². The SMILES string of the molecule is CC1CC1CNC(=O)N[C@@H](Cc1cnc[nH]1)C(=O)O. The quantitative estimate of drug-likeness (QED) is 0.596. The number of carboxylic acids is 1. The maximum absolute atomic E-state index is 11.6. The fourth-order valence-electron chi connectivity index (χ4n) is 1.93. The van der Waals surface area contributed by atoms with E-state index in [2.05, 4.69) is 27.5 Å². The van der Waals surface area contributed by atoms with Crippen molar-refractivity contribution in [3.63, 3.8) is 0 Å². The Kier molecular flexibility index (Phi) is 4.03. The van der Waals surface area contributed by atoms with E-state index in [-0.39, 0.29) is 6.42 Å². The molecule has 4 N–H and O–H groups in total. The number of carbonyl (C=O) groups excluding carboxylic acids is 1. The topological polar surface area (TPSA) is 107 Å². The van der Waals surface area contributed by atoms with Crippen molar-refractivity contribution >= 4 is 12.0 Å². The number of imidazole rings is 1. The van der Waals surface area contributed by atoms with Gasteiger partial charge in [-0.1, -0.05) is 6.92 Å². The van der Waals surface area contributed by atoms with Crippen LogP contribution in [0.4, 0.5) is 4.79 Å². The van der Waals surface area contributed by atoms with Crippen LogP contribution in [-0.2, 0) is 11.2 Å². The standard InChI is InChI=1S/C12H18N4O3/c1-7-2-8(7)4-14-12(19)16-10(11(17)18)3-9-5-13-6-15-9/h5-8,10H,2-4H2,1H3,(H,13,15)(H,17,18)(H2,14,16,19)/t7?,8?,10-/m0/s1. The molecule has 2 amide bonds. The average molecular weight is 266 g/mol. The molecule has 1 aromatic heterocycles. The van der Waals surface area contributed by atoms with Crippen molar-refractivity contribution in [2.45, 2.75) is 25.8 Å². The van der Waals surface area contributed by atoms with Gasteiger partial charge in [-0.15, -0.1) is 0 Å². The van der Waals surface area contributed by atoms with Crippen LogP contribution in [0.15, 0.2) is 12.5 Å². The molecule has 1 saturated carbocycles. The Morgan fingerprint density at radius 2 is 2.37 bits per heavy atom. The number of carboxylic acid groups (broad SMARTS) is 1. The second kappa shape index (κ2) is 5.73. The fraction of sp³-hybridized carbons (Fsp3) is 0.583. The van der Waals surface area contributed by atoms with Crippen molar-refractivity contribution in [1.82, 2.24) is 20.6 Å². The van der Waals surface area contributed by atoms with Gasteiger partial charge in [-0.2, -0.15) is 0 Å². The van der Waals surface area contributed by atoms with Crippen molar-refractivity contribution in [3.05, 3.63) is 18.2 Å². The van der Waals surface area contributed by atoms with Gasteiger partial charge in [0.15, 0.2) is 0 Å². The summed E-state index contributed by atoms with van der Waals surface area (Å²) in [6.45, 7) is 2.73. The fourth-order valence-corrected chi connectivity index (χ4v) is 1.93. The number of hydrogen-bond acceptors (Lipinski definition) is 3. The largest absolute Gasteiger partial charge is 0.480 e. The van der Waals surface area contributed by atoms with Gasteiger partial charge in [-0.25, -0.2) is 14.6 Å². The molecule has 0 bridgehead atoms. The number of urea groups is 1. The first-order chi connectivity index (χ1) is 9.06. The highest BCUT2D eigenvalue weighted by Gasteiger charge is 2.32. The predicted molar refractivity (Wildman–Crippen MR) is 67.5 cm³/mol. The zero-order chi connectivity index (χ0) is 13.8. The molecule has 0 aromatic carbocycles. The van der Waals surface area contributed by atoms with Crippen LogP contribution >= 0.6 is 0 Å².